The molecule has 0 aromatic carbocycles. The Morgan fingerprint density at radius 3 is 2.88 bits per heavy atom. The molecule has 0 atom stereocenters. The molecule has 0 radical (unpaired) electrons. The molecule has 0 spiro atoms. The summed E-state index contributed by atoms with van der Waals surface area (Å²) in [7, 11) is 2.01. The first-order chi connectivity index (χ1) is 7.86. The molecule has 1 saturated heterocycles. The number of piperidine rings is 1. The Labute approximate surface area is 94.7 Å². The van der Waals surface area contributed by atoms with Crippen LogP contribution in [0.25, 0.3) is 10.9 Å². The van der Waals surface area contributed by atoms with Crippen molar-refractivity contribution in [3.8, 4) is 0 Å². The average Bonchev–Trinajstić information content (AvgIpc) is 2.73. The minimum absolute atomic E-state index is 0.632. The summed E-state index contributed by atoms with van der Waals surface area (Å²) in [4.78, 5) is 4.33. The highest BCUT2D eigenvalue weighted by Crippen LogP contribution is 2.29. The van der Waals surface area contributed by atoms with Gasteiger partial charge in [-0.2, -0.15) is 5.10 Å². The number of nitrogens with one attached hydrogen (secondary N) is 1. The molecular weight excluding hydrogens is 200 g/mol. The van der Waals surface area contributed by atoms with E-state index in [1.165, 1.54) is 23.9 Å². The van der Waals surface area contributed by atoms with E-state index in [0.29, 0.717) is 5.92 Å². The van der Waals surface area contributed by atoms with E-state index in [1.54, 1.807) is 0 Å². The van der Waals surface area contributed by atoms with E-state index in [-0.39, 0.29) is 0 Å². The number of nitrogens with zero attached hydrogens (tertiary/aromatic N) is 3. The van der Waals surface area contributed by atoms with Gasteiger partial charge < -0.3 is 5.32 Å². The summed E-state index contributed by atoms with van der Waals surface area (Å²) >= 11 is 0. The average molecular weight is 216 g/mol. The molecule has 0 unspecified atom stereocenters. The largest absolute Gasteiger partial charge is 0.317 e. The fourth-order valence-corrected chi connectivity index (χ4v) is 2.59. The Balaban J connectivity index is 2.10. The number of rotatable bonds is 1. The number of aryl methyl sites for hydroxylation is 1. The highest BCUT2D eigenvalue weighted by Gasteiger charge is 2.19. The molecule has 16 heavy (non-hydrogen) atoms. The Bertz CT molecular complexity index is 497. The van der Waals surface area contributed by atoms with E-state index in [9.17, 15) is 0 Å². The first-order valence-electron chi connectivity index (χ1n) is 5.82. The first-order valence-corrected chi connectivity index (χ1v) is 5.82. The van der Waals surface area contributed by atoms with Gasteiger partial charge in [-0.25, -0.2) is 0 Å². The lowest BCUT2D eigenvalue weighted by Gasteiger charge is -2.23. The van der Waals surface area contributed by atoms with Crippen LogP contribution in [0.1, 0.15) is 24.3 Å². The van der Waals surface area contributed by atoms with Crippen molar-refractivity contribution in [3.63, 3.8) is 0 Å². The van der Waals surface area contributed by atoms with Gasteiger partial charge in [-0.1, -0.05) is 0 Å². The summed E-state index contributed by atoms with van der Waals surface area (Å²) in [5.41, 5.74) is 2.61. The third-order valence-electron chi connectivity index (χ3n) is 3.45. The summed E-state index contributed by atoms with van der Waals surface area (Å²) in [5, 5.41) is 8.86. The van der Waals surface area contributed by atoms with Gasteiger partial charge in [0.15, 0.2) is 0 Å². The minimum Gasteiger partial charge on any atom is -0.317 e. The van der Waals surface area contributed by atoms with E-state index < -0.39 is 0 Å². The van der Waals surface area contributed by atoms with E-state index in [4.69, 9.17) is 0 Å². The Morgan fingerprint density at radius 1 is 1.25 bits per heavy atom. The molecular formula is C12H16N4. The lowest BCUT2D eigenvalue weighted by molar-refractivity contribution is 0.460. The second-order valence-corrected chi connectivity index (χ2v) is 4.46. The van der Waals surface area contributed by atoms with Crippen molar-refractivity contribution in [2.75, 3.05) is 13.1 Å². The topological polar surface area (TPSA) is 42.7 Å². The molecule has 0 aliphatic carbocycles. The van der Waals surface area contributed by atoms with Crippen molar-refractivity contribution in [3.05, 3.63) is 24.2 Å². The number of pyridine rings is 1. The van der Waals surface area contributed by atoms with Crippen molar-refractivity contribution in [2.24, 2.45) is 7.05 Å². The zero-order chi connectivity index (χ0) is 11.0. The highest BCUT2D eigenvalue weighted by molar-refractivity contribution is 5.81. The molecule has 0 amide bonds. The van der Waals surface area contributed by atoms with Crippen LogP contribution in [-0.2, 0) is 7.05 Å². The van der Waals surface area contributed by atoms with Gasteiger partial charge in [-0.05, 0) is 37.4 Å². The van der Waals surface area contributed by atoms with Gasteiger partial charge in [0.1, 0.15) is 0 Å². The summed E-state index contributed by atoms with van der Waals surface area (Å²) in [6.45, 7) is 2.22. The predicted molar refractivity (Wildman–Crippen MR) is 63.4 cm³/mol. The maximum absolute atomic E-state index is 4.33. The van der Waals surface area contributed by atoms with E-state index in [2.05, 4.69) is 15.4 Å². The number of hydrogen-bond acceptors (Lipinski definition) is 3. The Morgan fingerprint density at radius 2 is 2.06 bits per heavy atom. The molecule has 4 heteroatoms. The van der Waals surface area contributed by atoms with Gasteiger partial charge in [0.2, 0.25) is 0 Å². The first kappa shape index (κ1) is 9.78. The highest BCUT2D eigenvalue weighted by atomic mass is 15.2. The fraction of sp³-hybridized carbons (Fsp3) is 0.500. The molecule has 3 rings (SSSR count). The van der Waals surface area contributed by atoms with Crippen molar-refractivity contribution >= 4 is 10.9 Å². The van der Waals surface area contributed by atoms with Crippen LogP contribution < -0.4 is 5.32 Å². The van der Waals surface area contributed by atoms with E-state index in [1.807, 2.05) is 30.3 Å². The van der Waals surface area contributed by atoms with Crippen LogP contribution in [0.15, 0.2) is 18.6 Å². The monoisotopic (exact) mass is 216 g/mol. The Kier molecular flexibility index (Phi) is 2.36. The molecule has 1 fully saturated rings. The molecule has 84 valence electrons. The predicted octanol–water partition coefficient (Wildman–Crippen LogP) is 1.44. The van der Waals surface area contributed by atoms with E-state index >= 15 is 0 Å². The molecule has 2 aromatic heterocycles. The van der Waals surface area contributed by atoms with Crippen molar-refractivity contribution in [1.29, 1.82) is 0 Å². The molecule has 1 aliphatic heterocycles. The molecule has 3 heterocycles. The van der Waals surface area contributed by atoms with Gasteiger partial charge in [-0.15, -0.1) is 0 Å². The van der Waals surface area contributed by atoms with Crippen molar-refractivity contribution in [1.82, 2.24) is 20.1 Å². The lowest BCUT2D eigenvalue weighted by atomic mass is 9.90. The van der Waals surface area contributed by atoms with Crippen molar-refractivity contribution in [2.45, 2.75) is 18.8 Å². The zero-order valence-corrected chi connectivity index (χ0v) is 9.48. The van der Waals surface area contributed by atoms with Gasteiger partial charge in [0.05, 0.1) is 11.7 Å². The summed E-state index contributed by atoms with van der Waals surface area (Å²) in [5.74, 6) is 0.632. The fourth-order valence-electron chi connectivity index (χ4n) is 2.59. The third-order valence-corrected chi connectivity index (χ3v) is 3.45. The molecule has 1 N–H and O–H groups in total. The maximum Gasteiger partial charge on any atom is 0.0744 e. The van der Waals surface area contributed by atoms with Crippen LogP contribution in [0.3, 0.4) is 0 Å². The van der Waals surface area contributed by atoms with Crippen LogP contribution in [0, 0.1) is 0 Å². The number of aromatic nitrogens is 3. The molecule has 4 nitrogen and oxygen atoms in total. The second kappa shape index (κ2) is 3.87. The smallest absolute Gasteiger partial charge is 0.0744 e. The Hall–Kier alpha value is -1.42. The van der Waals surface area contributed by atoms with Crippen LogP contribution in [0.5, 0.6) is 0 Å². The standard InChI is InChI=1S/C12H16N4/c1-16-12-10(7-15-16)6-14-8-11(12)9-2-4-13-5-3-9/h6-9,13H,2-5H2,1H3. The SMILES string of the molecule is Cn1ncc2cncc(C3CCNCC3)c21. The van der Waals surface area contributed by atoms with Crippen LogP contribution in [0.4, 0.5) is 0 Å². The molecule has 0 saturated carbocycles. The van der Waals surface area contributed by atoms with Gasteiger partial charge in [0.25, 0.3) is 0 Å². The van der Waals surface area contributed by atoms with E-state index in [0.717, 1.165) is 18.5 Å². The lowest BCUT2D eigenvalue weighted by Crippen LogP contribution is -2.26. The summed E-state index contributed by atoms with van der Waals surface area (Å²) in [6, 6.07) is 0. The molecule has 1 aliphatic rings. The third kappa shape index (κ3) is 1.50. The minimum atomic E-state index is 0.632. The maximum atomic E-state index is 4.33. The second-order valence-electron chi connectivity index (χ2n) is 4.46. The summed E-state index contributed by atoms with van der Waals surface area (Å²) < 4.78 is 1.97. The van der Waals surface area contributed by atoms with Gasteiger partial charge >= 0.3 is 0 Å². The zero-order valence-electron chi connectivity index (χ0n) is 9.48. The quantitative estimate of drug-likeness (QED) is 0.784. The molecule has 2 aromatic rings. The van der Waals surface area contributed by atoms with Gasteiger partial charge in [0, 0.05) is 24.8 Å². The van der Waals surface area contributed by atoms with Crippen LogP contribution in [-0.4, -0.2) is 27.9 Å². The number of fused-ring (bicyclic) bond motifs is 1. The summed E-state index contributed by atoms with van der Waals surface area (Å²) in [6.07, 6.45) is 8.21. The van der Waals surface area contributed by atoms with Gasteiger partial charge in [-0.3, -0.25) is 9.67 Å². The molecule has 0 bridgehead atoms. The number of hydrogen-bond donors (Lipinski definition) is 1. The van der Waals surface area contributed by atoms with Crippen LogP contribution in [0.2, 0.25) is 0 Å². The van der Waals surface area contributed by atoms with Crippen molar-refractivity contribution < 1.29 is 0 Å². The van der Waals surface area contributed by atoms with Crippen LogP contribution >= 0.6 is 0 Å². The normalized spacial score (nSPS) is 18.1.